The maximum atomic E-state index is 14.0. The summed E-state index contributed by atoms with van der Waals surface area (Å²) >= 11 is 1.37. The summed E-state index contributed by atoms with van der Waals surface area (Å²) in [6, 6.07) is 11.2. The molecule has 11 heteroatoms. The standard InChI is InChI=1S/C22H18FN5O4S/c23-16-4-2-1-3-15(16)19-26-22-28(27-19)14(12-33-22)7-8-24-20(29)21(30)25-13-5-6-17-18(11-13)32-10-9-31-17/h1-6,11-12H,7-10H2,(H,24,29)(H,25,30). The summed E-state index contributed by atoms with van der Waals surface area (Å²) in [6.45, 7) is 1.11. The lowest BCUT2D eigenvalue weighted by atomic mass is 10.2. The van der Waals surface area contributed by atoms with E-state index >= 15 is 0 Å². The predicted molar refractivity (Wildman–Crippen MR) is 119 cm³/mol. The Morgan fingerprint density at radius 1 is 1.09 bits per heavy atom. The highest BCUT2D eigenvalue weighted by molar-refractivity contribution is 7.15. The van der Waals surface area contributed by atoms with Crippen molar-refractivity contribution in [1.29, 1.82) is 0 Å². The molecule has 0 unspecified atom stereocenters. The molecule has 0 fully saturated rings. The number of amides is 2. The van der Waals surface area contributed by atoms with Crippen LogP contribution in [0.15, 0.2) is 47.8 Å². The minimum absolute atomic E-state index is 0.216. The summed E-state index contributed by atoms with van der Waals surface area (Å²) in [4.78, 5) is 29.4. The molecule has 168 valence electrons. The van der Waals surface area contributed by atoms with Crippen LogP contribution in [-0.4, -0.2) is 46.2 Å². The quantitative estimate of drug-likeness (QED) is 0.437. The number of thiazole rings is 1. The van der Waals surface area contributed by atoms with Gasteiger partial charge in [-0.2, -0.15) is 4.98 Å². The molecule has 0 saturated heterocycles. The molecule has 0 spiro atoms. The third kappa shape index (κ3) is 4.35. The van der Waals surface area contributed by atoms with E-state index in [1.165, 1.54) is 17.4 Å². The molecule has 2 amide bonds. The number of anilines is 1. The van der Waals surface area contributed by atoms with Gasteiger partial charge in [0, 0.05) is 30.1 Å². The van der Waals surface area contributed by atoms with Crippen LogP contribution < -0.4 is 20.1 Å². The van der Waals surface area contributed by atoms with Gasteiger partial charge in [-0.05, 0) is 24.3 Å². The number of halogens is 1. The van der Waals surface area contributed by atoms with Crippen LogP contribution in [0.25, 0.3) is 16.3 Å². The number of carbonyl (C=O) groups excluding carboxylic acids is 2. The Kier molecular flexibility index (Phi) is 5.61. The summed E-state index contributed by atoms with van der Waals surface area (Å²) in [5, 5.41) is 11.4. The highest BCUT2D eigenvalue weighted by Crippen LogP contribution is 2.32. The Bertz CT molecular complexity index is 1350. The number of fused-ring (bicyclic) bond motifs is 2. The number of carbonyl (C=O) groups is 2. The number of hydrogen-bond acceptors (Lipinski definition) is 7. The molecule has 0 bridgehead atoms. The van der Waals surface area contributed by atoms with Crippen molar-refractivity contribution in [2.75, 3.05) is 25.1 Å². The van der Waals surface area contributed by atoms with Crippen LogP contribution >= 0.6 is 11.3 Å². The fourth-order valence-electron chi connectivity index (χ4n) is 3.35. The zero-order valence-corrected chi connectivity index (χ0v) is 18.0. The highest BCUT2D eigenvalue weighted by atomic mass is 32.1. The smallest absolute Gasteiger partial charge is 0.313 e. The number of ether oxygens (including phenoxy) is 2. The van der Waals surface area contributed by atoms with Crippen molar-refractivity contribution in [1.82, 2.24) is 19.9 Å². The number of hydrogen-bond donors (Lipinski definition) is 2. The number of nitrogens with zero attached hydrogens (tertiary/aromatic N) is 3. The number of rotatable bonds is 5. The Labute approximate surface area is 191 Å². The predicted octanol–water partition coefficient (Wildman–Crippen LogP) is 2.67. The Balaban J connectivity index is 1.18. The van der Waals surface area contributed by atoms with Crippen molar-refractivity contribution in [3.8, 4) is 22.9 Å². The molecule has 9 nitrogen and oxygen atoms in total. The second-order valence-electron chi connectivity index (χ2n) is 7.16. The molecular formula is C22H18FN5O4S. The Morgan fingerprint density at radius 3 is 2.76 bits per heavy atom. The van der Waals surface area contributed by atoms with Gasteiger partial charge in [-0.25, -0.2) is 8.91 Å². The van der Waals surface area contributed by atoms with E-state index in [2.05, 4.69) is 20.7 Å². The van der Waals surface area contributed by atoms with Crippen LogP contribution in [0.2, 0.25) is 0 Å². The van der Waals surface area contributed by atoms with Gasteiger partial charge in [-0.1, -0.05) is 12.1 Å². The van der Waals surface area contributed by atoms with Gasteiger partial charge in [0.15, 0.2) is 17.3 Å². The normalized spacial score (nSPS) is 12.5. The summed E-state index contributed by atoms with van der Waals surface area (Å²) in [6.07, 6.45) is 0.420. The minimum atomic E-state index is -0.787. The van der Waals surface area contributed by atoms with Gasteiger partial charge >= 0.3 is 11.8 Å². The maximum Gasteiger partial charge on any atom is 0.313 e. The summed E-state index contributed by atoms with van der Waals surface area (Å²) in [5.41, 5.74) is 1.54. The van der Waals surface area contributed by atoms with Crippen molar-refractivity contribution in [3.63, 3.8) is 0 Å². The molecular weight excluding hydrogens is 449 g/mol. The minimum Gasteiger partial charge on any atom is -0.486 e. The average molecular weight is 467 g/mol. The SMILES string of the molecule is O=C(NCCc1csc2nc(-c3ccccc3F)nn12)C(=O)Nc1ccc2c(c1)OCCO2. The van der Waals surface area contributed by atoms with E-state index in [4.69, 9.17) is 9.47 Å². The second-order valence-corrected chi connectivity index (χ2v) is 7.99. The zero-order chi connectivity index (χ0) is 22.8. The molecule has 33 heavy (non-hydrogen) atoms. The fourth-order valence-corrected chi connectivity index (χ4v) is 4.20. The first-order valence-electron chi connectivity index (χ1n) is 10.2. The molecule has 4 aromatic rings. The van der Waals surface area contributed by atoms with Crippen LogP contribution in [0.3, 0.4) is 0 Å². The lowest BCUT2D eigenvalue weighted by molar-refractivity contribution is -0.136. The topological polar surface area (TPSA) is 107 Å². The van der Waals surface area contributed by atoms with Gasteiger partial charge < -0.3 is 20.1 Å². The Morgan fingerprint density at radius 2 is 1.91 bits per heavy atom. The van der Waals surface area contributed by atoms with Crippen LogP contribution in [0.1, 0.15) is 5.69 Å². The van der Waals surface area contributed by atoms with Crippen molar-refractivity contribution in [2.24, 2.45) is 0 Å². The molecule has 0 aliphatic carbocycles. The van der Waals surface area contributed by atoms with E-state index in [1.54, 1.807) is 40.9 Å². The summed E-state index contributed by atoms with van der Waals surface area (Å²) in [5.74, 6) is -0.537. The van der Waals surface area contributed by atoms with Crippen molar-refractivity contribution < 1.29 is 23.5 Å². The van der Waals surface area contributed by atoms with Gasteiger partial charge in [0.2, 0.25) is 4.96 Å². The van der Waals surface area contributed by atoms with Crippen LogP contribution in [-0.2, 0) is 16.0 Å². The van der Waals surface area contributed by atoms with E-state index in [1.807, 2.05) is 5.38 Å². The van der Waals surface area contributed by atoms with Gasteiger partial charge in [0.1, 0.15) is 19.0 Å². The molecule has 0 atom stereocenters. The number of benzene rings is 2. The number of nitrogens with one attached hydrogen (secondary N) is 2. The molecule has 1 aliphatic rings. The van der Waals surface area contributed by atoms with Crippen LogP contribution in [0.4, 0.5) is 10.1 Å². The van der Waals surface area contributed by atoms with Crippen molar-refractivity contribution in [2.45, 2.75) is 6.42 Å². The maximum absolute atomic E-state index is 14.0. The van der Waals surface area contributed by atoms with Crippen molar-refractivity contribution in [3.05, 3.63) is 59.4 Å². The molecule has 3 heterocycles. The van der Waals surface area contributed by atoms with Gasteiger partial charge in [0.25, 0.3) is 0 Å². The first-order valence-corrected chi connectivity index (χ1v) is 11.0. The van der Waals surface area contributed by atoms with Crippen LogP contribution in [0, 0.1) is 5.82 Å². The van der Waals surface area contributed by atoms with Gasteiger partial charge in [-0.3, -0.25) is 9.59 Å². The third-order valence-corrected chi connectivity index (χ3v) is 5.80. The van der Waals surface area contributed by atoms with Gasteiger partial charge in [-0.15, -0.1) is 16.4 Å². The lowest BCUT2D eigenvalue weighted by Gasteiger charge is -2.18. The molecule has 0 saturated carbocycles. The van der Waals surface area contributed by atoms with E-state index in [-0.39, 0.29) is 6.54 Å². The number of aromatic nitrogens is 3. The lowest BCUT2D eigenvalue weighted by Crippen LogP contribution is -2.36. The monoisotopic (exact) mass is 467 g/mol. The molecule has 2 N–H and O–H groups in total. The summed E-state index contributed by atoms with van der Waals surface area (Å²) in [7, 11) is 0. The first-order chi connectivity index (χ1) is 16.1. The third-order valence-electron chi connectivity index (χ3n) is 4.94. The molecule has 0 radical (unpaired) electrons. The van der Waals surface area contributed by atoms with Crippen molar-refractivity contribution >= 4 is 33.8 Å². The van der Waals surface area contributed by atoms with Crippen LogP contribution in [0.5, 0.6) is 11.5 Å². The van der Waals surface area contributed by atoms with Gasteiger partial charge in [0.05, 0.1) is 11.3 Å². The highest BCUT2D eigenvalue weighted by Gasteiger charge is 2.18. The van der Waals surface area contributed by atoms with E-state index in [0.717, 1.165) is 5.69 Å². The molecule has 1 aliphatic heterocycles. The Hall–Kier alpha value is -3.99. The average Bonchev–Trinajstić information content (AvgIpc) is 3.41. The molecule has 2 aromatic carbocycles. The summed E-state index contributed by atoms with van der Waals surface area (Å²) < 4.78 is 26.6. The second kappa shape index (κ2) is 8.87. The molecule has 5 rings (SSSR count). The largest absolute Gasteiger partial charge is 0.486 e. The molecule has 2 aromatic heterocycles. The first kappa shape index (κ1) is 20.9. The van der Waals surface area contributed by atoms with E-state index in [9.17, 15) is 14.0 Å². The zero-order valence-electron chi connectivity index (χ0n) is 17.2. The fraction of sp³-hybridized carbons (Fsp3) is 0.182. The van der Waals surface area contributed by atoms with E-state index < -0.39 is 17.6 Å². The van der Waals surface area contributed by atoms with E-state index in [0.29, 0.717) is 53.2 Å².